The number of benzene rings is 3. The van der Waals surface area contributed by atoms with Crippen LogP contribution in [0.25, 0.3) is 11.1 Å². The minimum atomic E-state index is -3.62. The Morgan fingerprint density at radius 2 is 1.53 bits per heavy atom. The van der Waals surface area contributed by atoms with Gasteiger partial charge in [0.05, 0.1) is 4.90 Å². The summed E-state index contributed by atoms with van der Waals surface area (Å²) in [6, 6.07) is 24.0. The maximum atomic E-state index is 13.0. The Kier molecular flexibility index (Phi) is 8.37. The van der Waals surface area contributed by atoms with Crippen molar-refractivity contribution >= 4 is 21.6 Å². The molecule has 0 aromatic heterocycles. The van der Waals surface area contributed by atoms with Crippen molar-refractivity contribution in [3.8, 4) is 16.9 Å². The fraction of sp³-hybridized carbons (Fsp3) is 0.296. The lowest BCUT2D eigenvalue weighted by Gasteiger charge is -2.34. The number of carbonyl (C=O) groups excluding carboxylic acids is 1. The number of anilines is 1. The van der Waals surface area contributed by atoms with Crippen LogP contribution >= 0.6 is 0 Å². The zero-order valence-electron chi connectivity index (χ0n) is 20.2. The molecule has 1 atom stereocenters. The van der Waals surface area contributed by atoms with Crippen molar-refractivity contribution in [2.24, 2.45) is 0 Å². The Balaban J connectivity index is 1.23. The summed E-state index contributed by atoms with van der Waals surface area (Å²) in [6.07, 6.45) is -0.691. The van der Waals surface area contributed by atoms with E-state index in [1.165, 1.54) is 23.4 Å². The normalized spacial score (nSPS) is 15.8. The van der Waals surface area contributed by atoms with Crippen molar-refractivity contribution in [2.45, 2.75) is 17.9 Å². The van der Waals surface area contributed by atoms with Gasteiger partial charge in [-0.2, -0.15) is 4.31 Å². The van der Waals surface area contributed by atoms with Crippen molar-refractivity contribution in [3.05, 3.63) is 78.9 Å². The molecule has 0 unspecified atom stereocenters. The number of piperazine rings is 1. The minimum Gasteiger partial charge on any atom is -0.491 e. The third-order valence-electron chi connectivity index (χ3n) is 6.02. The summed E-state index contributed by atoms with van der Waals surface area (Å²) in [5.41, 5.74) is 2.78. The predicted octanol–water partition coefficient (Wildman–Crippen LogP) is 3.06. The number of amides is 1. The van der Waals surface area contributed by atoms with Gasteiger partial charge in [0.15, 0.2) is 0 Å². The van der Waals surface area contributed by atoms with Gasteiger partial charge >= 0.3 is 0 Å². The van der Waals surface area contributed by atoms with Crippen LogP contribution in [-0.2, 0) is 14.8 Å². The molecule has 9 heteroatoms. The molecule has 1 saturated heterocycles. The fourth-order valence-corrected chi connectivity index (χ4v) is 5.55. The highest BCUT2D eigenvalue weighted by molar-refractivity contribution is 7.89. The van der Waals surface area contributed by atoms with E-state index in [1.807, 2.05) is 47.4 Å². The van der Waals surface area contributed by atoms with E-state index in [2.05, 4.69) is 17.4 Å². The summed E-state index contributed by atoms with van der Waals surface area (Å²) in [5.74, 6) is 0.476. The second-order valence-corrected chi connectivity index (χ2v) is 10.7. The Labute approximate surface area is 212 Å². The van der Waals surface area contributed by atoms with Gasteiger partial charge in [-0.25, -0.2) is 8.42 Å². The van der Waals surface area contributed by atoms with Crippen molar-refractivity contribution in [3.63, 3.8) is 0 Å². The number of nitrogens with one attached hydrogen (secondary N) is 1. The van der Waals surface area contributed by atoms with Crippen LogP contribution in [0.1, 0.15) is 6.92 Å². The minimum absolute atomic E-state index is 0.157. The molecular formula is C27H31N3O5S. The second-order valence-electron chi connectivity index (χ2n) is 8.77. The molecule has 1 heterocycles. The molecular weight excluding hydrogens is 478 g/mol. The van der Waals surface area contributed by atoms with E-state index >= 15 is 0 Å². The Morgan fingerprint density at radius 1 is 0.917 bits per heavy atom. The van der Waals surface area contributed by atoms with Gasteiger partial charge in [-0.1, -0.05) is 42.5 Å². The van der Waals surface area contributed by atoms with Crippen LogP contribution in [0, 0.1) is 0 Å². The lowest BCUT2D eigenvalue weighted by molar-refractivity contribution is -0.114. The summed E-state index contributed by atoms with van der Waals surface area (Å²) in [5, 5.41) is 13.1. The quantitative estimate of drug-likeness (QED) is 0.460. The highest BCUT2D eigenvalue weighted by atomic mass is 32.2. The van der Waals surface area contributed by atoms with Crippen LogP contribution < -0.4 is 10.1 Å². The molecule has 0 saturated carbocycles. The maximum Gasteiger partial charge on any atom is 0.243 e. The number of aliphatic hydroxyl groups excluding tert-OH is 1. The maximum absolute atomic E-state index is 13.0. The van der Waals surface area contributed by atoms with E-state index < -0.39 is 16.1 Å². The molecule has 0 bridgehead atoms. The molecule has 8 nitrogen and oxygen atoms in total. The molecule has 2 N–H and O–H groups in total. The third-order valence-corrected chi connectivity index (χ3v) is 7.93. The number of rotatable bonds is 9. The highest BCUT2D eigenvalue weighted by Crippen LogP contribution is 2.23. The van der Waals surface area contributed by atoms with Crippen molar-refractivity contribution in [1.82, 2.24) is 9.21 Å². The number of hydrogen-bond acceptors (Lipinski definition) is 6. The van der Waals surface area contributed by atoms with Crippen LogP contribution in [0.2, 0.25) is 0 Å². The Hall–Kier alpha value is -3.24. The van der Waals surface area contributed by atoms with Crippen LogP contribution in [0.3, 0.4) is 0 Å². The molecule has 1 aliphatic rings. The smallest absolute Gasteiger partial charge is 0.243 e. The number of ether oxygens (including phenoxy) is 1. The average molecular weight is 510 g/mol. The number of carbonyl (C=O) groups is 1. The van der Waals surface area contributed by atoms with Crippen LogP contribution in [0.4, 0.5) is 5.69 Å². The van der Waals surface area contributed by atoms with Crippen LogP contribution in [0.15, 0.2) is 83.8 Å². The van der Waals surface area contributed by atoms with Gasteiger partial charge in [0.1, 0.15) is 18.5 Å². The largest absolute Gasteiger partial charge is 0.491 e. The van der Waals surface area contributed by atoms with Crippen LogP contribution in [-0.4, -0.2) is 74.1 Å². The number of nitrogens with zero attached hydrogens (tertiary/aromatic N) is 2. The Morgan fingerprint density at radius 3 is 2.14 bits per heavy atom. The summed E-state index contributed by atoms with van der Waals surface area (Å²) in [4.78, 5) is 13.4. The van der Waals surface area contributed by atoms with Gasteiger partial charge in [-0.15, -0.1) is 0 Å². The van der Waals surface area contributed by atoms with Crippen LogP contribution in [0.5, 0.6) is 5.75 Å². The molecule has 1 aliphatic heterocycles. The van der Waals surface area contributed by atoms with Gasteiger partial charge in [0.2, 0.25) is 15.9 Å². The fourth-order valence-electron chi connectivity index (χ4n) is 4.13. The van der Waals surface area contributed by atoms with Crippen molar-refractivity contribution < 1.29 is 23.1 Å². The second kappa shape index (κ2) is 11.7. The zero-order valence-corrected chi connectivity index (χ0v) is 21.0. The van der Waals surface area contributed by atoms with Gasteiger partial charge in [0, 0.05) is 45.3 Å². The van der Waals surface area contributed by atoms with Gasteiger partial charge in [0.25, 0.3) is 0 Å². The molecule has 3 aromatic rings. The van der Waals surface area contributed by atoms with E-state index in [1.54, 1.807) is 12.1 Å². The van der Waals surface area contributed by atoms with E-state index in [4.69, 9.17) is 4.74 Å². The molecule has 3 aromatic carbocycles. The predicted molar refractivity (Wildman–Crippen MR) is 139 cm³/mol. The molecule has 0 radical (unpaired) electrons. The summed E-state index contributed by atoms with van der Waals surface area (Å²) in [7, 11) is -3.62. The Bertz CT molecular complexity index is 1240. The third kappa shape index (κ3) is 6.70. The summed E-state index contributed by atoms with van der Waals surface area (Å²) >= 11 is 0. The number of β-amino-alcohol motifs (C(OH)–C–C–N with tert-alkyl or cyclic N) is 1. The molecule has 1 fully saturated rings. The van der Waals surface area contributed by atoms with Gasteiger partial charge < -0.3 is 15.2 Å². The van der Waals surface area contributed by atoms with Gasteiger partial charge in [-0.3, -0.25) is 9.69 Å². The van der Waals surface area contributed by atoms with Crippen molar-refractivity contribution in [2.75, 3.05) is 44.6 Å². The first-order valence-corrected chi connectivity index (χ1v) is 13.3. The topological polar surface area (TPSA) is 99.2 Å². The first-order valence-electron chi connectivity index (χ1n) is 11.9. The zero-order chi connectivity index (χ0) is 25.5. The molecule has 0 spiro atoms. The van der Waals surface area contributed by atoms with E-state index in [0.29, 0.717) is 44.2 Å². The lowest BCUT2D eigenvalue weighted by Crippen LogP contribution is -2.50. The molecule has 4 rings (SSSR count). The standard InChI is InChI=1S/C27H31N3O5S/c1-21(31)28-24-9-13-27(14-10-24)36(33,34)30-17-15-29(16-18-30)19-25(32)20-35-26-11-7-23(8-12-26)22-5-3-2-4-6-22/h2-14,25,32H,15-20H2,1H3,(H,28,31)/t25-/m1/s1. The van der Waals surface area contributed by atoms with E-state index in [0.717, 1.165) is 11.1 Å². The molecule has 0 aliphatic carbocycles. The molecule has 36 heavy (non-hydrogen) atoms. The van der Waals surface area contributed by atoms with Gasteiger partial charge in [-0.05, 0) is 47.5 Å². The highest BCUT2D eigenvalue weighted by Gasteiger charge is 2.29. The molecule has 1 amide bonds. The summed E-state index contributed by atoms with van der Waals surface area (Å²) < 4.78 is 33.2. The van der Waals surface area contributed by atoms with E-state index in [9.17, 15) is 18.3 Å². The number of aliphatic hydroxyl groups is 1. The first-order chi connectivity index (χ1) is 17.3. The van der Waals surface area contributed by atoms with Crippen molar-refractivity contribution in [1.29, 1.82) is 0 Å². The number of hydrogen-bond donors (Lipinski definition) is 2. The average Bonchev–Trinajstić information content (AvgIpc) is 2.89. The van der Waals surface area contributed by atoms with E-state index in [-0.39, 0.29) is 17.4 Å². The molecule has 190 valence electrons. The summed E-state index contributed by atoms with van der Waals surface area (Å²) in [6.45, 7) is 3.68. The monoisotopic (exact) mass is 509 g/mol. The SMILES string of the molecule is CC(=O)Nc1ccc(S(=O)(=O)N2CCN(C[C@@H](O)COc3ccc(-c4ccccc4)cc3)CC2)cc1. The first kappa shape index (κ1) is 25.8. The number of sulfonamides is 1. The lowest BCUT2D eigenvalue weighted by atomic mass is 10.1.